The Bertz CT molecular complexity index is 253. The second-order valence-electron chi connectivity index (χ2n) is 3.20. The van der Waals surface area contributed by atoms with Gasteiger partial charge in [-0.1, -0.05) is 39.8 Å². The minimum absolute atomic E-state index is 0.0197. The van der Waals surface area contributed by atoms with Gasteiger partial charge in [0.1, 0.15) is 5.44 Å². The average molecular weight is 277 g/mol. The van der Waals surface area contributed by atoms with E-state index < -0.39 is 0 Å². The number of hydrogen-bond acceptors (Lipinski definition) is 3. The monoisotopic (exact) mass is 276 g/mol. The molecule has 2 unspecified atom stereocenters. The molecule has 0 saturated carbocycles. The fraction of sp³-hybridized carbons (Fsp3) is 0.600. The molecule has 78 valence electrons. The van der Waals surface area contributed by atoms with Crippen molar-refractivity contribution in [1.29, 1.82) is 0 Å². The van der Waals surface area contributed by atoms with Crippen molar-refractivity contribution >= 4 is 27.7 Å². The lowest BCUT2D eigenvalue weighted by Crippen LogP contribution is -2.30. The quantitative estimate of drug-likeness (QED) is 0.739. The summed E-state index contributed by atoms with van der Waals surface area (Å²) in [4.78, 5) is 0. The second kappa shape index (κ2) is 5.35. The molecule has 0 aromatic heterocycles. The van der Waals surface area contributed by atoms with Crippen molar-refractivity contribution in [1.82, 2.24) is 0 Å². The summed E-state index contributed by atoms with van der Waals surface area (Å²) in [6.07, 6.45) is 6.29. The summed E-state index contributed by atoms with van der Waals surface area (Å²) in [5.41, 5.74) is 1.57. The zero-order valence-corrected chi connectivity index (χ0v) is 10.2. The van der Waals surface area contributed by atoms with Crippen LogP contribution in [0.2, 0.25) is 0 Å². The number of thioether (sulfide) groups is 1. The summed E-state index contributed by atoms with van der Waals surface area (Å²) < 4.78 is 11.3. The first-order valence-electron chi connectivity index (χ1n) is 4.74. The molecule has 14 heavy (non-hydrogen) atoms. The van der Waals surface area contributed by atoms with Crippen molar-refractivity contribution in [2.24, 2.45) is 0 Å². The van der Waals surface area contributed by atoms with Gasteiger partial charge in [0.25, 0.3) is 0 Å². The molecule has 0 amide bonds. The maximum Gasteiger partial charge on any atom is 0.159 e. The van der Waals surface area contributed by atoms with Gasteiger partial charge in [-0.15, -0.1) is 0 Å². The number of fused-ring (bicyclic) bond motifs is 1. The average Bonchev–Trinajstić information content (AvgIpc) is 2.26. The van der Waals surface area contributed by atoms with Crippen LogP contribution in [0, 0.1) is 0 Å². The molecule has 0 radical (unpaired) electrons. The number of alkyl halides is 1. The third-order valence-electron chi connectivity index (χ3n) is 2.22. The van der Waals surface area contributed by atoms with Gasteiger partial charge in [-0.25, -0.2) is 0 Å². The Morgan fingerprint density at radius 3 is 3.43 bits per heavy atom. The van der Waals surface area contributed by atoms with E-state index in [0.29, 0.717) is 0 Å². The maximum absolute atomic E-state index is 5.79. The zero-order valence-electron chi connectivity index (χ0n) is 7.82. The fourth-order valence-electron chi connectivity index (χ4n) is 1.56. The van der Waals surface area contributed by atoms with Crippen LogP contribution in [-0.2, 0) is 9.47 Å². The van der Waals surface area contributed by atoms with E-state index in [1.54, 1.807) is 11.8 Å². The molecule has 0 aromatic rings. The van der Waals surface area contributed by atoms with E-state index in [0.717, 1.165) is 24.8 Å². The summed E-state index contributed by atoms with van der Waals surface area (Å²) in [5.74, 6) is 0. The zero-order chi connectivity index (χ0) is 9.80. The Kier molecular flexibility index (Phi) is 4.10. The molecule has 0 N–H and O–H groups in total. The fourth-order valence-corrected chi connectivity index (χ4v) is 2.61. The van der Waals surface area contributed by atoms with Crippen LogP contribution >= 0.6 is 27.7 Å². The lowest BCUT2D eigenvalue weighted by molar-refractivity contribution is -0.155. The van der Waals surface area contributed by atoms with Crippen LogP contribution in [0.4, 0.5) is 0 Å². The van der Waals surface area contributed by atoms with E-state index >= 15 is 0 Å². The largest absolute Gasteiger partial charge is 0.352 e. The molecule has 2 aliphatic rings. The van der Waals surface area contributed by atoms with Crippen LogP contribution in [0.15, 0.2) is 23.1 Å². The predicted molar refractivity (Wildman–Crippen MR) is 62.5 cm³/mol. The van der Waals surface area contributed by atoms with Crippen molar-refractivity contribution in [3.63, 3.8) is 0 Å². The highest BCUT2D eigenvalue weighted by molar-refractivity contribution is 9.09. The Labute approximate surface area is 96.9 Å². The highest BCUT2D eigenvalue weighted by Gasteiger charge is 2.27. The molecule has 0 aromatic carbocycles. The van der Waals surface area contributed by atoms with Gasteiger partial charge in [-0.2, -0.15) is 0 Å². The lowest BCUT2D eigenvalue weighted by Gasteiger charge is -2.32. The van der Waals surface area contributed by atoms with Crippen molar-refractivity contribution < 1.29 is 9.47 Å². The van der Waals surface area contributed by atoms with E-state index in [-0.39, 0.29) is 11.7 Å². The van der Waals surface area contributed by atoms with Crippen molar-refractivity contribution in [3.05, 3.63) is 23.1 Å². The minimum Gasteiger partial charge on any atom is -0.352 e. The highest BCUT2D eigenvalue weighted by Crippen LogP contribution is 2.35. The number of halogens is 1. The Hall–Kier alpha value is 0.230. The number of allylic oxidation sites excluding steroid dienone is 2. The molecule has 2 atom stereocenters. The Morgan fingerprint density at radius 1 is 1.64 bits per heavy atom. The lowest BCUT2D eigenvalue weighted by atomic mass is 10.1. The summed E-state index contributed by atoms with van der Waals surface area (Å²) in [6, 6.07) is 0. The van der Waals surface area contributed by atoms with Crippen LogP contribution in [0.25, 0.3) is 0 Å². The second-order valence-corrected chi connectivity index (χ2v) is 4.97. The first-order chi connectivity index (χ1) is 6.90. The van der Waals surface area contributed by atoms with E-state index in [9.17, 15) is 0 Å². The summed E-state index contributed by atoms with van der Waals surface area (Å²) in [6.45, 7) is 0.719. The SMILES string of the molecule is BrCCOC1CCC2=CC=CSC2O1. The van der Waals surface area contributed by atoms with Crippen LogP contribution in [0.5, 0.6) is 0 Å². The summed E-state index contributed by atoms with van der Waals surface area (Å²) in [5, 5.41) is 2.94. The van der Waals surface area contributed by atoms with Crippen molar-refractivity contribution in [2.45, 2.75) is 24.6 Å². The number of hydrogen-bond donors (Lipinski definition) is 0. The molecule has 1 fully saturated rings. The summed E-state index contributed by atoms with van der Waals surface area (Å²) in [7, 11) is 0. The van der Waals surface area contributed by atoms with Crippen molar-refractivity contribution in [2.75, 3.05) is 11.9 Å². The standard InChI is InChI=1S/C10H13BrO2S/c11-5-6-12-9-4-3-8-2-1-7-14-10(8)13-9/h1-2,7,9-10H,3-6H2. The Balaban J connectivity index is 1.86. The van der Waals surface area contributed by atoms with Gasteiger partial charge in [0.05, 0.1) is 6.61 Å². The third kappa shape index (κ3) is 2.63. The number of ether oxygens (including phenoxy) is 2. The molecule has 2 aliphatic heterocycles. The van der Waals surface area contributed by atoms with Gasteiger partial charge in [0.15, 0.2) is 6.29 Å². The number of rotatable bonds is 3. The molecule has 2 nitrogen and oxygen atoms in total. The molecular formula is C10H13BrO2S. The minimum atomic E-state index is -0.0197. The molecule has 1 saturated heterocycles. The van der Waals surface area contributed by atoms with Crippen LogP contribution < -0.4 is 0 Å². The van der Waals surface area contributed by atoms with E-state index in [1.165, 1.54) is 5.57 Å². The van der Waals surface area contributed by atoms with Crippen molar-refractivity contribution in [3.8, 4) is 0 Å². The molecule has 2 rings (SSSR count). The smallest absolute Gasteiger partial charge is 0.159 e. The van der Waals surface area contributed by atoms with E-state index in [1.807, 2.05) is 0 Å². The van der Waals surface area contributed by atoms with E-state index in [4.69, 9.17) is 9.47 Å². The van der Waals surface area contributed by atoms with Crippen LogP contribution in [-0.4, -0.2) is 23.7 Å². The normalized spacial score (nSPS) is 31.1. The van der Waals surface area contributed by atoms with Crippen LogP contribution in [0.1, 0.15) is 12.8 Å². The van der Waals surface area contributed by atoms with Gasteiger partial charge in [0, 0.05) is 11.8 Å². The maximum atomic E-state index is 5.79. The molecular weight excluding hydrogens is 264 g/mol. The molecule has 2 heterocycles. The first-order valence-corrected chi connectivity index (χ1v) is 6.80. The van der Waals surface area contributed by atoms with Gasteiger partial charge >= 0.3 is 0 Å². The highest BCUT2D eigenvalue weighted by atomic mass is 79.9. The predicted octanol–water partition coefficient (Wildman–Crippen LogP) is 3.05. The van der Waals surface area contributed by atoms with Gasteiger partial charge in [0.2, 0.25) is 0 Å². The third-order valence-corrected chi connectivity index (χ3v) is 3.52. The van der Waals surface area contributed by atoms with Gasteiger partial charge in [-0.05, 0) is 17.4 Å². The van der Waals surface area contributed by atoms with Gasteiger partial charge in [-0.3, -0.25) is 0 Å². The Morgan fingerprint density at radius 2 is 2.57 bits per heavy atom. The first kappa shape index (κ1) is 10.7. The molecule has 4 heteroatoms. The van der Waals surface area contributed by atoms with Gasteiger partial charge < -0.3 is 9.47 Å². The summed E-state index contributed by atoms with van der Waals surface area (Å²) >= 11 is 5.06. The molecule has 0 spiro atoms. The van der Waals surface area contributed by atoms with E-state index in [2.05, 4.69) is 33.5 Å². The van der Waals surface area contributed by atoms with Crippen LogP contribution in [0.3, 0.4) is 0 Å². The molecule has 0 bridgehead atoms. The topological polar surface area (TPSA) is 18.5 Å². The molecule has 0 aliphatic carbocycles.